The summed E-state index contributed by atoms with van der Waals surface area (Å²) in [7, 11) is 0. The molecule has 0 saturated heterocycles. The van der Waals surface area contributed by atoms with Crippen LogP contribution < -0.4 is 16.2 Å². The van der Waals surface area contributed by atoms with E-state index in [2.05, 4.69) is 34.4 Å². The van der Waals surface area contributed by atoms with Gasteiger partial charge in [-0.15, -0.1) is 0 Å². The lowest BCUT2D eigenvalue weighted by atomic mass is 10.1. The fourth-order valence-corrected chi connectivity index (χ4v) is 3.23. The molecule has 25 heavy (non-hydrogen) atoms. The number of carbonyl (C=O) groups excluding carboxylic acids is 1. The van der Waals surface area contributed by atoms with Crippen LogP contribution in [0.1, 0.15) is 32.3 Å². The molecule has 0 radical (unpaired) electrons. The van der Waals surface area contributed by atoms with Crippen molar-refractivity contribution < 1.29 is 4.79 Å². The SMILES string of the molecule is CC(C)N(CCNC(=O)NCc1cc(=O)[nH]c2ccccc12)C1CC1. The van der Waals surface area contributed by atoms with E-state index in [0.717, 1.165) is 23.0 Å². The summed E-state index contributed by atoms with van der Waals surface area (Å²) in [5.74, 6) is 0. The Morgan fingerprint density at radius 1 is 1.28 bits per heavy atom. The second-order valence-corrected chi connectivity index (χ2v) is 6.88. The number of hydrogen-bond acceptors (Lipinski definition) is 3. The van der Waals surface area contributed by atoms with Crippen LogP contribution in [0.4, 0.5) is 4.79 Å². The van der Waals surface area contributed by atoms with E-state index in [1.165, 1.54) is 18.9 Å². The number of pyridine rings is 1. The minimum Gasteiger partial charge on any atom is -0.337 e. The summed E-state index contributed by atoms with van der Waals surface area (Å²) >= 11 is 0. The molecule has 1 aliphatic rings. The third-order valence-electron chi connectivity index (χ3n) is 4.61. The van der Waals surface area contributed by atoms with Crippen LogP contribution in [-0.4, -0.2) is 41.1 Å². The third kappa shape index (κ3) is 4.60. The Kier molecular flexibility index (Phi) is 5.38. The fraction of sp³-hybridized carbons (Fsp3) is 0.474. The largest absolute Gasteiger partial charge is 0.337 e. The van der Waals surface area contributed by atoms with Crippen LogP contribution in [0.5, 0.6) is 0 Å². The molecule has 1 aliphatic carbocycles. The van der Waals surface area contributed by atoms with Crippen LogP contribution in [-0.2, 0) is 6.54 Å². The molecule has 0 spiro atoms. The van der Waals surface area contributed by atoms with Crippen molar-refractivity contribution in [1.82, 2.24) is 20.5 Å². The molecule has 1 fully saturated rings. The number of para-hydroxylation sites is 1. The Balaban J connectivity index is 1.52. The molecule has 0 aliphatic heterocycles. The van der Waals surface area contributed by atoms with Gasteiger partial charge in [0, 0.05) is 48.7 Å². The summed E-state index contributed by atoms with van der Waals surface area (Å²) in [6, 6.07) is 10.1. The summed E-state index contributed by atoms with van der Waals surface area (Å²) in [5, 5.41) is 6.70. The first-order valence-electron chi connectivity index (χ1n) is 8.93. The Morgan fingerprint density at radius 3 is 2.76 bits per heavy atom. The first-order chi connectivity index (χ1) is 12.0. The van der Waals surface area contributed by atoms with E-state index < -0.39 is 0 Å². The van der Waals surface area contributed by atoms with Crippen molar-refractivity contribution in [3.8, 4) is 0 Å². The summed E-state index contributed by atoms with van der Waals surface area (Å²) in [6.45, 7) is 6.19. The average Bonchev–Trinajstić information content (AvgIpc) is 3.40. The van der Waals surface area contributed by atoms with Gasteiger partial charge in [0.25, 0.3) is 0 Å². The zero-order valence-electron chi connectivity index (χ0n) is 14.8. The lowest BCUT2D eigenvalue weighted by Gasteiger charge is -2.26. The molecule has 3 N–H and O–H groups in total. The number of H-pyrrole nitrogens is 1. The number of amides is 2. The Morgan fingerprint density at radius 2 is 2.04 bits per heavy atom. The molecule has 0 bridgehead atoms. The molecule has 1 aromatic heterocycles. The monoisotopic (exact) mass is 342 g/mol. The van der Waals surface area contributed by atoms with Crippen molar-refractivity contribution in [2.75, 3.05) is 13.1 Å². The number of aromatic nitrogens is 1. The van der Waals surface area contributed by atoms with Gasteiger partial charge in [0.15, 0.2) is 0 Å². The van der Waals surface area contributed by atoms with Crippen LogP contribution in [0.15, 0.2) is 35.1 Å². The highest BCUT2D eigenvalue weighted by molar-refractivity contribution is 5.82. The summed E-state index contributed by atoms with van der Waals surface area (Å²) < 4.78 is 0. The maximum Gasteiger partial charge on any atom is 0.315 e. The van der Waals surface area contributed by atoms with Gasteiger partial charge in [-0.3, -0.25) is 9.69 Å². The van der Waals surface area contributed by atoms with E-state index in [1.54, 1.807) is 0 Å². The molecule has 6 nitrogen and oxygen atoms in total. The first-order valence-corrected chi connectivity index (χ1v) is 8.93. The van der Waals surface area contributed by atoms with Crippen molar-refractivity contribution in [3.63, 3.8) is 0 Å². The van der Waals surface area contributed by atoms with Crippen molar-refractivity contribution in [3.05, 3.63) is 46.2 Å². The van der Waals surface area contributed by atoms with Gasteiger partial charge in [-0.2, -0.15) is 0 Å². The number of nitrogens with zero attached hydrogens (tertiary/aromatic N) is 1. The molecule has 2 amide bonds. The number of fused-ring (bicyclic) bond motifs is 1. The average molecular weight is 342 g/mol. The summed E-state index contributed by atoms with van der Waals surface area (Å²) in [5.41, 5.74) is 1.44. The molecule has 134 valence electrons. The van der Waals surface area contributed by atoms with E-state index in [1.807, 2.05) is 24.3 Å². The second-order valence-electron chi connectivity index (χ2n) is 6.88. The van der Waals surface area contributed by atoms with Gasteiger partial charge in [0.05, 0.1) is 0 Å². The maximum absolute atomic E-state index is 12.0. The van der Waals surface area contributed by atoms with Gasteiger partial charge in [-0.25, -0.2) is 4.79 Å². The third-order valence-corrected chi connectivity index (χ3v) is 4.61. The van der Waals surface area contributed by atoms with Crippen LogP contribution in [0, 0.1) is 0 Å². The molecule has 1 heterocycles. The van der Waals surface area contributed by atoms with Crippen molar-refractivity contribution >= 4 is 16.9 Å². The topological polar surface area (TPSA) is 77.2 Å². The Hall–Kier alpha value is -2.34. The van der Waals surface area contributed by atoms with E-state index >= 15 is 0 Å². The highest BCUT2D eigenvalue weighted by Crippen LogP contribution is 2.27. The molecule has 0 unspecified atom stereocenters. The zero-order chi connectivity index (χ0) is 17.8. The highest BCUT2D eigenvalue weighted by atomic mass is 16.2. The van der Waals surface area contributed by atoms with Gasteiger partial charge < -0.3 is 15.6 Å². The van der Waals surface area contributed by atoms with E-state index in [9.17, 15) is 9.59 Å². The second kappa shape index (κ2) is 7.70. The number of carbonyl (C=O) groups is 1. The predicted octanol–water partition coefficient (Wildman–Crippen LogP) is 2.20. The van der Waals surface area contributed by atoms with Gasteiger partial charge in [-0.05, 0) is 38.3 Å². The Bertz CT molecular complexity index is 793. The smallest absolute Gasteiger partial charge is 0.315 e. The molecule has 1 saturated carbocycles. The number of nitrogens with one attached hydrogen (secondary N) is 3. The van der Waals surface area contributed by atoms with Gasteiger partial charge in [0.1, 0.15) is 0 Å². The molecule has 3 rings (SSSR count). The lowest BCUT2D eigenvalue weighted by molar-refractivity contribution is 0.207. The van der Waals surface area contributed by atoms with Gasteiger partial charge in [-0.1, -0.05) is 18.2 Å². The predicted molar refractivity (Wildman–Crippen MR) is 99.7 cm³/mol. The van der Waals surface area contributed by atoms with Crippen molar-refractivity contribution in [2.45, 2.75) is 45.3 Å². The normalized spacial score (nSPS) is 14.2. The zero-order valence-corrected chi connectivity index (χ0v) is 14.8. The van der Waals surface area contributed by atoms with Crippen LogP contribution >= 0.6 is 0 Å². The minimum atomic E-state index is -0.205. The van der Waals surface area contributed by atoms with E-state index in [0.29, 0.717) is 25.2 Å². The fourth-order valence-electron chi connectivity index (χ4n) is 3.23. The van der Waals surface area contributed by atoms with E-state index in [-0.39, 0.29) is 11.6 Å². The van der Waals surface area contributed by atoms with Crippen LogP contribution in [0.25, 0.3) is 10.9 Å². The van der Waals surface area contributed by atoms with Gasteiger partial charge in [0.2, 0.25) is 5.56 Å². The number of rotatable bonds is 7. The lowest BCUT2D eigenvalue weighted by Crippen LogP contribution is -2.42. The van der Waals surface area contributed by atoms with Crippen molar-refractivity contribution in [2.24, 2.45) is 0 Å². The number of aromatic amines is 1. The molecular formula is C19H26N4O2. The molecule has 2 aromatic rings. The number of urea groups is 1. The minimum absolute atomic E-state index is 0.159. The number of benzene rings is 1. The molecule has 0 atom stereocenters. The van der Waals surface area contributed by atoms with Crippen molar-refractivity contribution in [1.29, 1.82) is 0 Å². The maximum atomic E-state index is 12.0. The molecular weight excluding hydrogens is 316 g/mol. The number of hydrogen-bond donors (Lipinski definition) is 3. The standard InChI is InChI=1S/C19H26N4O2/c1-13(2)23(15-7-8-15)10-9-20-19(25)21-12-14-11-18(24)22-17-6-4-3-5-16(14)17/h3-6,11,13,15H,7-10,12H2,1-2H3,(H,22,24)(H2,20,21,25). The highest BCUT2D eigenvalue weighted by Gasteiger charge is 2.30. The van der Waals surface area contributed by atoms with Crippen LogP contribution in [0.3, 0.4) is 0 Å². The summed E-state index contributed by atoms with van der Waals surface area (Å²) in [6.07, 6.45) is 2.53. The van der Waals surface area contributed by atoms with Gasteiger partial charge >= 0.3 is 6.03 Å². The van der Waals surface area contributed by atoms with E-state index in [4.69, 9.17) is 0 Å². The van der Waals surface area contributed by atoms with Crippen LogP contribution in [0.2, 0.25) is 0 Å². The summed E-state index contributed by atoms with van der Waals surface area (Å²) in [4.78, 5) is 29.0. The quantitative estimate of drug-likeness (QED) is 0.722. The molecule has 1 aromatic carbocycles. The molecule has 6 heteroatoms. The Labute approximate surface area is 147 Å². The first kappa shape index (κ1) is 17.5.